The minimum atomic E-state index is -1.16. The zero-order chi connectivity index (χ0) is 22.1. The molecule has 5 rings (SSSR count). The van der Waals surface area contributed by atoms with Crippen molar-refractivity contribution in [1.82, 2.24) is 9.97 Å². The predicted octanol–water partition coefficient (Wildman–Crippen LogP) is 5.78. The molecule has 0 saturated heterocycles. The molecule has 0 radical (unpaired) electrons. The highest BCUT2D eigenvalue weighted by Crippen LogP contribution is 2.33. The fourth-order valence-electron chi connectivity index (χ4n) is 4.12. The summed E-state index contributed by atoms with van der Waals surface area (Å²) in [4.78, 5) is 21.3. The molecule has 1 amide bonds. The molecule has 1 aliphatic rings. The summed E-state index contributed by atoms with van der Waals surface area (Å²) in [7, 11) is 0. The Kier molecular flexibility index (Phi) is 5.23. The van der Waals surface area contributed by atoms with Crippen molar-refractivity contribution in [2.45, 2.75) is 25.7 Å². The first kappa shape index (κ1) is 20.1. The van der Waals surface area contributed by atoms with E-state index in [1.54, 1.807) is 18.3 Å². The number of nitrogens with one attached hydrogen (secondary N) is 2. The zero-order valence-corrected chi connectivity index (χ0v) is 17.2. The van der Waals surface area contributed by atoms with Crippen LogP contribution in [0.2, 0.25) is 0 Å². The van der Waals surface area contributed by atoms with Gasteiger partial charge in [0.25, 0.3) is 5.91 Å². The van der Waals surface area contributed by atoms with Gasteiger partial charge in [0, 0.05) is 29.2 Å². The molecule has 2 N–H and O–H groups in total. The molecule has 0 unspecified atom stereocenters. The van der Waals surface area contributed by atoms with Crippen LogP contribution < -0.4 is 10.6 Å². The number of nitrogens with zero attached hydrogens (tertiary/aromatic N) is 2. The Morgan fingerprint density at radius 1 is 0.906 bits per heavy atom. The quantitative estimate of drug-likeness (QED) is 0.431. The molecule has 160 valence electrons. The number of carbonyl (C=O) groups is 1. The van der Waals surface area contributed by atoms with Crippen LogP contribution in [0, 0.1) is 11.6 Å². The van der Waals surface area contributed by atoms with Gasteiger partial charge >= 0.3 is 0 Å². The van der Waals surface area contributed by atoms with E-state index in [1.807, 2.05) is 24.4 Å². The highest BCUT2D eigenvalue weighted by Gasteiger charge is 2.17. The lowest BCUT2D eigenvalue weighted by Crippen LogP contribution is -2.14. The first-order chi connectivity index (χ1) is 15.6. The van der Waals surface area contributed by atoms with Crippen molar-refractivity contribution in [3.8, 4) is 0 Å². The van der Waals surface area contributed by atoms with Crippen LogP contribution in [0.4, 0.5) is 25.8 Å². The maximum atomic E-state index is 13.9. The molecule has 0 saturated carbocycles. The van der Waals surface area contributed by atoms with Crippen LogP contribution in [-0.4, -0.2) is 15.9 Å². The lowest BCUT2D eigenvalue weighted by atomic mass is 9.90. The van der Waals surface area contributed by atoms with E-state index in [1.165, 1.54) is 29.7 Å². The van der Waals surface area contributed by atoms with Crippen LogP contribution in [-0.2, 0) is 12.8 Å². The van der Waals surface area contributed by atoms with Gasteiger partial charge in [0.05, 0.1) is 11.3 Å². The Morgan fingerprint density at radius 2 is 1.69 bits per heavy atom. The van der Waals surface area contributed by atoms with E-state index in [-0.39, 0.29) is 5.56 Å². The number of aromatic nitrogens is 2. The van der Waals surface area contributed by atoms with Crippen molar-refractivity contribution < 1.29 is 13.6 Å². The number of amides is 1. The fraction of sp³-hybridized carbons (Fsp3) is 0.160. The van der Waals surface area contributed by atoms with Crippen LogP contribution in [0.3, 0.4) is 0 Å². The van der Waals surface area contributed by atoms with Gasteiger partial charge in [-0.15, -0.1) is 0 Å². The van der Waals surface area contributed by atoms with Gasteiger partial charge in [0.1, 0.15) is 0 Å². The molecule has 0 spiro atoms. The van der Waals surface area contributed by atoms with E-state index in [4.69, 9.17) is 0 Å². The number of hydrogen-bond acceptors (Lipinski definition) is 4. The molecular weight excluding hydrogens is 410 g/mol. The number of benzene rings is 2. The number of aryl methyl sites for hydroxylation is 2. The number of anilines is 3. The van der Waals surface area contributed by atoms with E-state index < -0.39 is 17.5 Å². The number of fused-ring (bicyclic) bond motifs is 3. The molecule has 2 aromatic heterocycles. The van der Waals surface area contributed by atoms with Gasteiger partial charge in [0.2, 0.25) is 0 Å². The van der Waals surface area contributed by atoms with Gasteiger partial charge in [-0.05, 0) is 79.3 Å². The topological polar surface area (TPSA) is 66.9 Å². The molecule has 1 aliphatic carbocycles. The van der Waals surface area contributed by atoms with E-state index in [2.05, 4.69) is 20.6 Å². The second-order valence-electron chi connectivity index (χ2n) is 7.78. The maximum absolute atomic E-state index is 13.9. The number of pyridine rings is 2. The molecule has 5 nitrogen and oxygen atoms in total. The minimum Gasteiger partial charge on any atom is -0.355 e. The largest absolute Gasteiger partial charge is 0.355 e. The predicted molar refractivity (Wildman–Crippen MR) is 120 cm³/mol. The molecule has 2 heterocycles. The molecular formula is C25H20F2N4O. The lowest BCUT2D eigenvalue weighted by molar-refractivity contribution is 0.102. The van der Waals surface area contributed by atoms with Crippen LogP contribution in [0.15, 0.2) is 60.9 Å². The van der Waals surface area contributed by atoms with Gasteiger partial charge in [0.15, 0.2) is 17.3 Å². The van der Waals surface area contributed by atoms with Crippen molar-refractivity contribution in [3.63, 3.8) is 0 Å². The average Bonchev–Trinajstić information content (AvgIpc) is 2.82. The fourth-order valence-corrected chi connectivity index (χ4v) is 4.12. The highest BCUT2D eigenvalue weighted by atomic mass is 19.2. The molecule has 0 atom stereocenters. The van der Waals surface area contributed by atoms with Crippen molar-refractivity contribution >= 4 is 34.0 Å². The first-order valence-electron chi connectivity index (χ1n) is 10.5. The maximum Gasteiger partial charge on any atom is 0.258 e. The monoisotopic (exact) mass is 430 g/mol. The van der Waals surface area contributed by atoms with E-state index in [9.17, 15) is 13.6 Å². The molecule has 4 aromatic rings. The number of hydrogen-bond donors (Lipinski definition) is 2. The summed E-state index contributed by atoms with van der Waals surface area (Å²) < 4.78 is 27.2. The van der Waals surface area contributed by atoms with Crippen LogP contribution >= 0.6 is 0 Å². The SMILES string of the molecule is O=C(Nc1ccc(Nc2ccnc3ncc4c(c23)CCCC4)cc1)c1cccc(F)c1F. The first-order valence-corrected chi connectivity index (χ1v) is 10.5. The normalized spacial score (nSPS) is 12.9. The van der Waals surface area contributed by atoms with Crippen LogP contribution in [0.25, 0.3) is 11.0 Å². The Morgan fingerprint density at radius 3 is 2.53 bits per heavy atom. The summed E-state index contributed by atoms with van der Waals surface area (Å²) in [6.45, 7) is 0. The second kappa shape index (κ2) is 8.34. The van der Waals surface area contributed by atoms with Crippen molar-refractivity contribution in [3.05, 3.63) is 89.2 Å². The summed E-state index contributed by atoms with van der Waals surface area (Å²) >= 11 is 0. The van der Waals surface area contributed by atoms with Crippen LogP contribution in [0.1, 0.15) is 34.3 Å². The van der Waals surface area contributed by atoms with Crippen molar-refractivity contribution in [2.24, 2.45) is 0 Å². The summed E-state index contributed by atoms with van der Waals surface area (Å²) in [5.41, 5.74) is 5.19. The van der Waals surface area contributed by atoms with E-state index in [0.29, 0.717) is 5.69 Å². The van der Waals surface area contributed by atoms with Gasteiger partial charge in [-0.25, -0.2) is 18.7 Å². The van der Waals surface area contributed by atoms with Gasteiger partial charge in [-0.2, -0.15) is 0 Å². The van der Waals surface area contributed by atoms with Gasteiger partial charge < -0.3 is 10.6 Å². The van der Waals surface area contributed by atoms with Crippen LogP contribution in [0.5, 0.6) is 0 Å². The Balaban J connectivity index is 1.38. The summed E-state index contributed by atoms with van der Waals surface area (Å²) in [6.07, 6.45) is 8.04. The Labute approximate surface area is 183 Å². The summed E-state index contributed by atoms with van der Waals surface area (Å²) in [5, 5.41) is 7.06. The highest BCUT2D eigenvalue weighted by molar-refractivity contribution is 6.04. The smallest absolute Gasteiger partial charge is 0.258 e. The third kappa shape index (κ3) is 3.77. The van der Waals surface area contributed by atoms with Gasteiger partial charge in [-0.1, -0.05) is 6.07 Å². The lowest BCUT2D eigenvalue weighted by Gasteiger charge is -2.19. The number of carbonyl (C=O) groups excluding carboxylic acids is 1. The van der Waals surface area contributed by atoms with Crippen molar-refractivity contribution in [2.75, 3.05) is 10.6 Å². The van der Waals surface area contributed by atoms with E-state index in [0.717, 1.165) is 47.7 Å². The molecule has 32 heavy (non-hydrogen) atoms. The third-order valence-corrected chi connectivity index (χ3v) is 5.70. The molecule has 0 aliphatic heterocycles. The van der Waals surface area contributed by atoms with Gasteiger partial charge in [-0.3, -0.25) is 4.79 Å². The summed E-state index contributed by atoms with van der Waals surface area (Å²) in [6, 6.07) is 12.5. The minimum absolute atomic E-state index is 0.340. The van der Waals surface area contributed by atoms with E-state index >= 15 is 0 Å². The second-order valence-corrected chi connectivity index (χ2v) is 7.78. The number of rotatable bonds is 4. The zero-order valence-electron chi connectivity index (χ0n) is 17.2. The third-order valence-electron chi connectivity index (χ3n) is 5.70. The summed E-state index contributed by atoms with van der Waals surface area (Å²) in [5.74, 6) is -2.93. The number of halogens is 2. The molecule has 0 fully saturated rings. The molecule has 2 aromatic carbocycles. The Bertz CT molecular complexity index is 1320. The molecule has 7 heteroatoms. The average molecular weight is 430 g/mol. The van der Waals surface area contributed by atoms with Crippen molar-refractivity contribution in [1.29, 1.82) is 0 Å². The Hall–Kier alpha value is -3.87. The standard InChI is InChI=1S/C25H20F2N4O/c26-20-7-3-6-19(23(20)27)25(32)31-17-10-8-16(9-11-17)30-21-12-13-28-24-22(21)18-5-2-1-4-15(18)14-29-24/h3,6-14H,1-2,4-5H2,(H,31,32)(H,28,29,30). The molecule has 0 bridgehead atoms.